The first kappa shape index (κ1) is 21.4. The summed E-state index contributed by atoms with van der Waals surface area (Å²) in [5.74, 6) is 0.301. The Bertz CT molecular complexity index is 1690. The molecule has 3 heterocycles. The lowest BCUT2D eigenvalue weighted by atomic mass is 10.1. The number of aromatic nitrogens is 3. The summed E-state index contributed by atoms with van der Waals surface area (Å²) in [6.07, 6.45) is 1.86. The van der Waals surface area contributed by atoms with Gasteiger partial charge in [-0.1, -0.05) is 54.1 Å². The predicted octanol–water partition coefficient (Wildman–Crippen LogP) is 4.85. The maximum atomic E-state index is 13.6. The van der Waals surface area contributed by atoms with Gasteiger partial charge in [0, 0.05) is 29.3 Å². The Morgan fingerprint density at radius 3 is 2.51 bits per heavy atom. The molecular formula is C27H22N4O3S. The van der Waals surface area contributed by atoms with Crippen LogP contribution in [0.4, 0.5) is 5.82 Å². The van der Waals surface area contributed by atoms with Gasteiger partial charge in [0.25, 0.3) is 10.0 Å². The lowest BCUT2D eigenvalue weighted by Crippen LogP contribution is -2.33. The Kier molecular flexibility index (Phi) is 4.86. The first-order chi connectivity index (χ1) is 16.9. The second-order valence-electron chi connectivity index (χ2n) is 8.58. The van der Waals surface area contributed by atoms with Crippen LogP contribution in [0.5, 0.6) is 5.88 Å². The third-order valence-electron chi connectivity index (χ3n) is 6.40. The summed E-state index contributed by atoms with van der Waals surface area (Å²) in [4.78, 5) is 4.64. The van der Waals surface area contributed by atoms with Crippen LogP contribution in [0.15, 0.2) is 90.0 Å². The Morgan fingerprint density at radius 2 is 1.69 bits per heavy atom. The topological polar surface area (TPSA) is 88.3 Å². The van der Waals surface area contributed by atoms with Crippen molar-refractivity contribution in [1.29, 1.82) is 0 Å². The molecule has 0 unspecified atom stereocenters. The average Bonchev–Trinajstić information content (AvgIpc) is 3.09. The monoisotopic (exact) mass is 482 g/mol. The van der Waals surface area contributed by atoms with E-state index in [0.717, 1.165) is 22.0 Å². The molecule has 0 saturated carbocycles. The van der Waals surface area contributed by atoms with E-state index in [2.05, 4.69) is 4.98 Å². The number of sulfonamides is 1. The molecule has 0 fully saturated rings. The zero-order chi connectivity index (χ0) is 24.2. The minimum Gasteiger partial charge on any atom is -0.493 e. The molecule has 35 heavy (non-hydrogen) atoms. The summed E-state index contributed by atoms with van der Waals surface area (Å²) in [6.45, 7) is 2.04. The van der Waals surface area contributed by atoms with Crippen molar-refractivity contribution in [1.82, 2.24) is 14.8 Å². The van der Waals surface area contributed by atoms with Crippen LogP contribution in [0.1, 0.15) is 11.1 Å². The maximum Gasteiger partial charge on any atom is 0.265 e. The van der Waals surface area contributed by atoms with Crippen molar-refractivity contribution in [2.45, 2.75) is 18.2 Å². The molecule has 6 rings (SSSR count). The van der Waals surface area contributed by atoms with Gasteiger partial charge in [-0.05, 0) is 49.1 Å². The van der Waals surface area contributed by atoms with Gasteiger partial charge < -0.3 is 5.11 Å². The highest BCUT2D eigenvalue weighted by molar-refractivity contribution is 7.92. The van der Waals surface area contributed by atoms with Gasteiger partial charge in [-0.15, -0.1) is 0 Å². The maximum absolute atomic E-state index is 13.6. The third kappa shape index (κ3) is 3.37. The molecule has 0 atom stereocenters. The van der Waals surface area contributed by atoms with Gasteiger partial charge in [0.15, 0.2) is 5.82 Å². The van der Waals surface area contributed by atoms with Gasteiger partial charge in [0.05, 0.1) is 10.6 Å². The summed E-state index contributed by atoms with van der Waals surface area (Å²) in [6, 6.07) is 24.1. The average molecular weight is 483 g/mol. The first-order valence-electron chi connectivity index (χ1n) is 11.3. The van der Waals surface area contributed by atoms with Gasteiger partial charge in [0.1, 0.15) is 5.69 Å². The van der Waals surface area contributed by atoms with Gasteiger partial charge >= 0.3 is 0 Å². The Labute approximate surface area is 203 Å². The number of hydrogen-bond acceptors (Lipinski definition) is 5. The number of aryl methyl sites for hydroxylation is 1. The molecule has 1 aliphatic heterocycles. The molecule has 5 aromatic rings. The van der Waals surface area contributed by atoms with E-state index in [-0.39, 0.29) is 23.7 Å². The van der Waals surface area contributed by atoms with Crippen LogP contribution in [0.2, 0.25) is 0 Å². The highest BCUT2D eigenvalue weighted by Gasteiger charge is 2.34. The fourth-order valence-corrected chi connectivity index (χ4v) is 6.06. The highest BCUT2D eigenvalue weighted by atomic mass is 32.2. The summed E-state index contributed by atoms with van der Waals surface area (Å²) < 4.78 is 30.1. The van der Waals surface area contributed by atoms with Crippen molar-refractivity contribution < 1.29 is 13.5 Å². The molecule has 0 radical (unpaired) electrons. The molecule has 7 nitrogen and oxygen atoms in total. The second kappa shape index (κ2) is 7.95. The third-order valence-corrected chi connectivity index (χ3v) is 8.21. The fraction of sp³-hybridized carbons (Fsp3) is 0.111. The lowest BCUT2D eigenvalue weighted by Gasteiger charge is -2.23. The van der Waals surface area contributed by atoms with Crippen molar-refractivity contribution in [2.24, 2.45) is 0 Å². The van der Waals surface area contributed by atoms with E-state index in [0.29, 0.717) is 22.6 Å². The van der Waals surface area contributed by atoms with E-state index in [4.69, 9.17) is 5.10 Å². The Morgan fingerprint density at radius 1 is 0.914 bits per heavy atom. The Balaban J connectivity index is 1.52. The number of pyridine rings is 1. The van der Waals surface area contributed by atoms with Gasteiger partial charge in [-0.25, -0.2) is 17.7 Å². The second-order valence-corrected chi connectivity index (χ2v) is 10.4. The van der Waals surface area contributed by atoms with Crippen LogP contribution in [0.25, 0.3) is 27.7 Å². The summed E-state index contributed by atoms with van der Waals surface area (Å²) in [5.41, 5.74) is 3.41. The van der Waals surface area contributed by atoms with Gasteiger partial charge in [0.2, 0.25) is 5.88 Å². The van der Waals surface area contributed by atoms with E-state index in [1.807, 2.05) is 49.4 Å². The quantitative estimate of drug-likeness (QED) is 0.397. The van der Waals surface area contributed by atoms with Crippen molar-refractivity contribution in [3.63, 3.8) is 0 Å². The van der Waals surface area contributed by atoms with Gasteiger partial charge in [-0.3, -0.25) is 0 Å². The molecule has 8 heteroatoms. The number of fused-ring (bicyclic) bond motifs is 4. The molecule has 0 bridgehead atoms. The van der Waals surface area contributed by atoms with Crippen LogP contribution < -0.4 is 4.31 Å². The van der Waals surface area contributed by atoms with Crippen LogP contribution in [-0.2, 0) is 16.4 Å². The van der Waals surface area contributed by atoms with E-state index >= 15 is 0 Å². The molecular weight excluding hydrogens is 460 g/mol. The molecule has 1 aliphatic rings. The smallest absolute Gasteiger partial charge is 0.265 e. The molecule has 0 aliphatic carbocycles. The standard InChI is InChI=1S/C27H22N4O3S/c1-18-11-13-20(14-12-18)35(33,34)30-17-15-23-25(22-9-5-16-28-26(22)30)29-31(27(23)32)24-10-4-7-19-6-2-3-8-21(19)24/h2-14,16,32H,15,17H2,1H3. The van der Waals surface area contributed by atoms with Crippen LogP contribution in [0.3, 0.4) is 0 Å². The molecule has 0 amide bonds. The highest BCUT2D eigenvalue weighted by Crippen LogP contribution is 2.41. The molecule has 1 N–H and O–H groups in total. The molecule has 2 aromatic heterocycles. The number of hydrogen-bond donors (Lipinski definition) is 1. The minimum atomic E-state index is -3.86. The normalized spacial score (nSPS) is 13.3. The number of nitrogens with zero attached hydrogens (tertiary/aromatic N) is 4. The van der Waals surface area contributed by atoms with E-state index in [1.165, 1.54) is 8.99 Å². The summed E-state index contributed by atoms with van der Waals surface area (Å²) in [5, 5.41) is 18.1. The summed E-state index contributed by atoms with van der Waals surface area (Å²) >= 11 is 0. The number of benzene rings is 3. The largest absolute Gasteiger partial charge is 0.493 e. The number of anilines is 1. The number of aromatic hydroxyl groups is 1. The van der Waals surface area contributed by atoms with Crippen LogP contribution >= 0.6 is 0 Å². The first-order valence-corrected chi connectivity index (χ1v) is 12.7. The van der Waals surface area contributed by atoms with Crippen molar-refractivity contribution >= 4 is 26.6 Å². The zero-order valence-electron chi connectivity index (χ0n) is 19.0. The number of rotatable bonds is 3. The molecule has 0 spiro atoms. The van der Waals surface area contributed by atoms with Gasteiger partial charge in [-0.2, -0.15) is 9.78 Å². The van der Waals surface area contributed by atoms with Crippen molar-refractivity contribution in [3.8, 4) is 22.8 Å². The van der Waals surface area contributed by atoms with Crippen molar-refractivity contribution in [3.05, 3.63) is 96.2 Å². The van der Waals surface area contributed by atoms with E-state index < -0.39 is 10.0 Å². The Hall–Kier alpha value is -4.17. The van der Waals surface area contributed by atoms with Crippen LogP contribution in [0, 0.1) is 6.92 Å². The van der Waals surface area contributed by atoms with E-state index in [1.54, 1.807) is 42.6 Å². The molecule has 3 aromatic carbocycles. The van der Waals surface area contributed by atoms with Crippen molar-refractivity contribution in [2.75, 3.05) is 10.8 Å². The zero-order valence-corrected chi connectivity index (χ0v) is 19.8. The SMILES string of the molecule is Cc1ccc(S(=O)(=O)N2CCc3c(nn(-c4cccc5ccccc45)c3O)-c3cccnc32)cc1. The predicted molar refractivity (Wildman–Crippen MR) is 135 cm³/mol. The van der Waals surface area contributed by atoms with Crippen LogP contribution in [-0.4, -0.2) is 34.8 Å². The fourth-order valence-electron chi connectivity index (χ4n) is 4.62. The molecule has 0 saturated heterocycles. The minimum absolute atomic E-state index is 0.000685. The lowest BCUT2D eigenvalue weighted by molar-refractivity contribution is 0.428. The summed E-state index contributed by atoms with van der Waals surface area (Å²) in [7, 11) is -3.86. The van der Waals surface area contributed by atoms with E-state index in [9.17, 15) is 13.5 Å². The molecule has 174 valence electrons.